The van der Waals surface area contributed by atoms with Crippen molar-refractivity contribution < 1.29 is 18.0 Å². The molecule has 252 valence electrons. The lowest BCUT2D eigenvalue weighted by Gasteiger charge is -2.35. The Morgan fingerprint density at radius 3 is 2.15 bits per heavy atom. The van der Waals surface area contributed by atoms with Crippen molar-refractivity contribution in [2.45, 2.75) is 82.8 Å². The number of nitrogens with zero attached hydrogens (tertiary/aromatic N) is 2. The normalized spacial score (nSPS) is 14.2. The highest BCUT2D eigenvalue weighted by Gasteiger charge is 2.35. The number of nitrogens with one attached hydrogen (secondary N) is 1. The van der Waals surface area contributed by atoms with E-state index in [0.717, 1.165) is 64.2 Å². The number of carbonyl (C=O) groups excluding carboxylic acids is 2. The highest BCUT2D eigenvalue weighted by atomic mass is 35.5. The number of anilines is 1. The van der Waals surface area contributed by atoms with Crippen molar-refractivity contribution >= 4 is 39.1 Å². The number of aryl methyl sites for hydroxylation is 3. The molecule has 48 heavy (non-hydrogen) atoms. The molecule has 4 aromatic carbocycles. The standard InChI is InChI=1S/C39H44ClN3O4S/c1-28-18-21-35(24-30(28)3)43(48(46,47)36-22-19-33(40)20-23-36)27-38(44)42(26-32-15-11-10-12-29(32)2)37(25-31-13-6-4-7-14-31)39(45)41-34-16-8-5-9-17-34/h4,6-7,10-15,18-24,34,37H,5,8-9,16-17,25-27H2,1-3H3,(H,41,45)/t37-/m1/s1. The summed E-state index contributed by atoms with van der Waals surface area (Å²) >= 11 is 6.11. The average molecular weight is 686 g/mol. The predicted octanol–water partition coefficient (Wildman–Crippen LogP) is 7.55. The van der Waals surface area contributed by atoms with Gasteiger partial charge in [-0.25, -0.2) is 8.42 Å². The van der Waals surface area contributed by atoms with Crippen LogP contribution >= 0.6 is 11.6 Å². The summed E-state index contributed by atoms with van der Waals surface area (Å²) in [4.78, 5) is 30.6. The number of hydrogen-bond donors (Lipinski definition) is 1. The Morgan fingerprint density at radius 1 is 0.812 bits per heavy atom. The molecule has 4 aromatic rings. The van der Waals surface area contributed by atoms with Gasteiger partial charge in [-0.15, -0.1) is 0 Å². The summed E-state index contributed by atoms with van der Waals surface area (Å²) in [6.07, 6.45) is 5.32. The average Bonchev–Trinajstić information content (AvgIpc) is 3.08. The van der Waals surface area contributed by atoms with Crippen LogP contribution in [-0.2, 0) is 32.6 Å². The van der Waals surface area contributed by atoms with E-state index in [2.05, 4.69) is 5.32 Å². The van der Waals surface area contributed by atoms with Crippen molar-refractivity contribution in [3.63, 3.8) is 0 Å². The van der Waals surface area contributed by atoms with Crippen LogP contribution in [0, 0.1) is 20.8 Å². The molecule has 0 saturated heterocycles. The summed E-state index contributed by atoms with van der Waals surface area (Å²) < 4.78 is 29.7. The Kier molecular flexibility index (Phi) is 11.6. The second-order valence-corrected chi connectivity index (χ2v) is 15.0. The number of hydrogen-bond acceptors (Lipinski definition) is 4. The van der Waals surface area contributed by atoms with E-state index in [0.29, 0.717) is 10.7 Å². The van der Waals surface area contributed by atoms with Crippen LogP contribution in [0.15, 0.2) is 102 Å². The maximum atomic E-state index is 14.8. The van der Waals surface area contributed by atoms with Gasteiger partial charge in [0.2, 0.25) is 11.8 Å². The molecule has 0 bridgehead atoms. The smallest absolute Gasteiger partial charge is 0.264 e. The largest absolute Gasteiger partial charge is 0.352 e. The van der Waals surface area contributed by atoms with Gasteiger partial charge in [-0.2, -0.15) is 0 Å². The maximum Gasteiger partial charge on any atom is 0.264 e. The van der Waals surface area contributed by atoms with E-state index in [1.54, 1.807) is 17.0 Å². The molecular weight excluding hydrogens is 642 g/mol. The molecule has 5 rings (SSSR count). The van der Waals surface area contributed by atoms with Crippen LogP contribution in [0.25, 0.3) is 0 Å². The Hall–Kier alpha value is -4.14. The molecule has 0 aromatic heterocycles. The van der Waals surface area contributed by atoms with E-state index in [-0.39, 0.29) is 29.8 Å². The Morgan fingerprint density at radius 2 is 1.48 bits per heavy atom. The first-order chi connectivity index (χ1) is 23.0. The van der Waals surface area contributed by atoms with Gasteiger partial charge in [0.05, 0.1) is 10.6 Å². The van der Waals surface area contributed by atoms with Crippen molar-refractivity contribution in [3.05, 3.63) is 130 Å². The number of sulfonamides is 1. The Balaban J connectivity index is 1.58. The molecule has 2 amide bonds. The Bertz CT molecular complexity index is 1820. The fourth-order valence-corrected chi connectivity index (χ4v) is 7.74. The molecule has 0 unspecified atom stereocenters. The number of carbonyl (C=O) groups is 2. The number of rotatable bonds is 12. The van der Waals surface area contributed by atoms with Gasteiger partial charge in [0.15, 0.2) is 0 Å². The molecule has 1 fully saturated rings. The fourth-order valence-electron chi connectivity index (χ4n) is 6.21. The van der Waals surface area contributed by atoms with Gasteiger partial charge in [0.1, 0.15) is 12.6 Å². The minimum absolute atomic E-state index is 0.0132. The summed E-state index contributed by atoms with van der Waals surface area (Å²) in [5, 5.41) is 3.66. The lowest BCUT2D eigenvalue weighted by atomic mass is 9.94. The van der Waals surface area contributed by atoms with Crippen molar-refractivity contribution in [2.24, 2.45) is 0 Å². The third kappa shape index (κ3) is 8.65. The van der Waals surface area contributed by atoms with Crippen LogP contribution in [0.2, 0.25) is 5.02 Å². The van der Waals surface area contributed by atoms with Crippen LogP contribution in [0.3, 0.4) is 0 Å². The minimum Gasteiger partial charge on any atom is -0.352 e. The molecule has 0 heterocycles. The molecule has 7 nitrogen and oxygen atoms in total. The van der Waals surface area contributed by atoms with Gasteiger partial charge in [0, 0.05) is 24.0 Å². The zero-order valence-electron chi connectivity index (χ0n) is 27.9. The van der Waals surface area contributed by atoms with E-state index < -0.39 is 28.5 Å². The maximum absolute atomic E-state index is 14.8. The molecule has 0 aliphatic heterocycles. The van der Waals surface area contributed by atoms with Gasteiger partial charge in [-0.05, 0) is 97.8 Å². The highest BCUT2D eigenvalue weighted by molar-refractivity contribution is 7.92. The molecule has 1 N–H and O–H groups in total. The molecule has 0 radical (unpaired) electrons. The second kappa shape index (κ2) is 15.8. The van der Waals surface area contributed by atoms with Gasteiger partial charge in [-0.1, -0.05) is 91.5 Å². The van der Waals surface area contributed by atoms with Crippen LogP contribution < -0.4 is 9.62 Å². The van der Waals surface area contributed by atoms with Crippen molar-refractivity contribution in [3.8, 4) is 0 Å². The summed E-state index contributed by atoms with van der Waals surface area (Å²) in [5.41, 5.74) is 5.01. The van der Waals surface area contributed by atoms with Gasteiger partial charge in [0.25, 0.3) is 10.0 Å². The van der Waals surface area contributed by atoms with Gasteiger partial charge < -0.3 is 10.2 Å². The lowest BCUT2D eigenvalue weighted by molar-refractivity contribution is -0.140. The molecule has 1 aliphatic carbocycles. The summed E-state index contributed by atoms with van der Waals surface area (Å²) in [6, 6.07) is 27.8. The topological polar surface area (TPSA) is 86.8 Å². The van der Waals surface area contributed by atoms with E-state index >= 15 is 0 Å². The molecular formula is C39H44ClN3O4S. The zero-order chi connectivity index (χ0) is 34.3. The van der Waals surface area contributed by atoms with E-state index in [4.69, 9.17) is 11.6 Å². The third-order valence-corrected chi connectivity index (χ3v) is 11.3. The predicted molar refractivity (Wildman–Crippen MR) is 193 cm³/mol. The third-order valence-electron chi connectivity index (χ3n) is 9.28. The van der Waals surface area contributed by atoms with Crippen molar-refractivity contribution in [1.82, 2.24) is 10.2 Å². The van der Waals surface area contributed by atoms with E-state index in [9.17, 15) is 18.0 Å². The fraction of sp³-hybridized carbons (Fsp3) is 0.333. The monoisotopic (exact) mass is 685 g/mol. The molecule has 9 heteroatoms. The molecule has 0 spiro atoms. The first-order valence-corrected chi connectivity index (χ1v) is 18.4. The van der Waals surface area contributed by atoms with E-state index in [1.807, 2.05) is 81.4 Å². The number of benzene rings is 4. The zero-order valence-corrected chi connectivity index (χ0v) is 29.4. The molecule has 1 saturated carbocycles. The first kappa shape index (κ1) is 35.2. The van der Waals surface area contributed by atoms with Crippen molar-refractivity contribution in [1.29, 1.82) is 0 Å². The number of halogens is 1. The first-order valence-electron chi connectivity index (χ1n) is 16.6. The van der Waals surface area contributed by atoms with Crippen LogP contribution in [0.4, 0.5) is 5.69 Å². The van der Waals surface area contributed by atoms with Crippen LogP contribution in [0.5, 0.6) is 0 Å². The van der Waals surface area contributed by atoms with Crippen molar-refractivity contribution in [2.75, 3.05) is 10.8 Å². The molecule has 1 atom stereocenters. The van der Waals surface area contributed by atoms with E-state index in [1.165, 1.54) is 24.3 Å². The van der Waals surface area contributed by atoms with Crippen LogP contribution in [-0.4, -0.2) is 43.8 Å². The summed E-state index contributed by atoms with van der Waals surface area (Å²) in [7, 11) is -4.21. The van der Waals surface area contributed by atoms with Gasteiger partial charge >= 0.3 is 0 Å². The number of amides is 2. The highest BCUT2D eigenvalue weighted by Crippen LogP contribution is 2.28. The van der Waals surface area contributed by atoms with Gasteiger partial charge in [-0.3, -0.25) is 13.9 Å². The minimum atomic E-state index is -4.21. The summed E-state index contributed by atoms with van der Waals surface area (Å²) in [5.74, 6) is -0.709. The second-order valence-electron chi connectivity index (χ2n) is 12.7. The lowest BCUT2D eigenvalue weighted by Crippen LogP contribution is -2.55. The Labute approximate surface area is 290 Å². The van der Waals surface area contributed by atoms with Crippen LogP contribution in [0.1, 0.15) is 59.9 Å². The quantitative estimate of drug-likeness (QED) is 0.167. The summed E-state index contributed by atoms with van der Waals surface area (Å²) in [6.45, 7) is 5.47. The molecule has 1 aliphatic rings. The SMILES string of the molecule is Cc1ccc(N(CC(=O)N(Cc2ccccc2C)[C@H](Cc2ccccc2)C(=O)NC2CCCCC2)S(=O)(=O)c2ccc(Cl)cc2)cc1C.